The molecule has 0 aliphatic heterocycles. The lowest BCUT2D eigenvalue weighted by Gasteiger charge is -2.12. The Morgan fingerprint density at radius 3 is 2.84 bits per heavy atom. The van der Waals surface area contributed by atoms with Crippen LogP contribution in [0.1, 0.15) is 19.9 Å². The highest BCUT2D eigenvalue weighted by Crippen LogP contribution is 2.16. The van der Waals surface area contributed by atoms with E-state index in [4.69, 9.17) is 0 Å². The highest BCUT2D eigenvalue weighted by atomic mass is 79.9. The summed E-state index contributed by atoms with van der Waals surface area (Å²) in [6, 6.07) is 1.92. The number of hydrogen-bond acceptors (Lipinski definition) is 4. The lowest BCUT2D eigenvalue weighted by atomic mass is 10.4. The lowest BCUT2D eigenvalue weighted by Crippen LogP contribution is -2.26. The number of anilines is 1. The molecule has 0 saturated heterocycles. The Balaban J connectivity index is 2.05. The summed E-state index contributed by atoms with van der Waals surface area (Å²) in [5.41, 5.74) is 0.577. The van der Waals surface area contributed by atoms with Gasteiger partial charge in [-0.3, -0.25) is 9.48 Å². The summed E-state index contributed by atoms with van der Waals surface area (Å²) in [6.45, 7) is 5.25. The lowest BCUT2D eigenvalue weighted by molar-refractivity contribution is 0.501. The van der Waals surface area contributed by atoms with E-state index in [9.17, 15) is 4.79 Å². The molecule has 2 heterocycles. The van der Waals surface area contributed by atoms with E-state index in [-0.39, 0.29) is 11.6 Å². The molecule has 0 aromatic carbocycles. The highest BCUT2D eigenvalue weighted by Gasteiger charge is 2.10. The van der Waals surface area contributed by atoms with Crippen LogP contribution in [0.3, 0.4) is 0 Å². The highest BCUT2D eigenvalue weighted by molar-refractivity contribution is 9.10. The maximum absolute atomic E-state index is 12.0. The second kappa shape index (κ2) is 6.01. The molecule has 0 aliphatic carbocycles. The maximum Gasteiger partial charge on any atom is 0.283 e. The minimum atomic E-state index is -0.126. The summed E-state index contributed by atoms with van der Waals surface area (Å²) in [5, 5.41) is 11.4. The molecule has 2 rings (SSSR count). The first-order chi connectivity index (χ1) is 9.09. The van der Waals surface area contributed by atoms with Crippen molar-refractivity contribution in [2.75, 3.05) is 11.9 Å². The van der Waals surface area contributed by atoms with E-state index >= 15 is 0 Å². The van der Waals surface area contributed by atoms with Gasteiger partial charge in [0.25, 0.3) is 5.56 Å². The zero-order valence-corrected chi connectivity index (χ0v) is 12.5. The van der Waals surface area contributed by atoms with Crippen molar-refractivity contribution in [2.45, 2.75) is 26.4 Å². The van der Waals surface area contributed by atoms with Crippen LogP contribution in [0.25, 0.3) is 0 Å². The van der Waals surface area contributed by atoms with Crippen LogP contribution in [0.15, 0.2) is 33.9 Å². The van der Waals surface area contributed by atoms with Crippen molar-refractivity contribution in [3.05, 3.63) is 39.5 Å². The van der Waals surface area contributed by atoms with E-state index < -0.39 is 0 Å². The Bertz CT molecular complexity index is 591. The Kier molecular flexibility index (Phi) is 4.36. The zero-order chi connectivity index (χ0) is 13.8. The zero-order valence-electron chi connectivity index (χ0n) is 10.9. The van der Waals surface area contributed by atoms with Crippen molar-refractivity contribution in [1.82, 2.24) is 19.6 Å². The van der Waals surface area contributed by atoms with Gasteiger partial charge in [0.15, 0.2) is 0 Å². The van der Waals surface area contributed by atoms with Gasteiger partial charge in [-0.2, -0.15) is 10.2 Å². The van der Waals surface area contributed by atoms with E-state index in [0.717, 1.165) is 6.54 Å². The van der Waals surface area contributed by atoms with E-state index in [1.165, 1.54) is 4.68 Å². The monoisotopic (exact) mass is 325 g/mol. The molecule has 0 amide bonds. The molecule has 0 saturated carbocycles. The van der Waals surface area contributed by atoms with Crippen LogP contribution < -0.4 is 10.9 Å². The Morgan fingerprint density at radius 2 is 2.21 bits per heavy atom. The SMILES string of the molecule is CC(C)n1ncc(NCCn2cccn2)c(Br)c1=O. The number of rotatable bonds is 5. The number of nitrogens with one attached hydrogen (secondary N) is 1. The Morgan fingerprint density at radius 1 is 1.42 bits per heavy atom. The van der Waals surface area contributed by atoms with Crippen LogP contribution in [0.2, 0.25) is 0 Å². The molecule has 0 fully saturated rings. The quantitative estimate of drug-likeness (QED) is 0.911. The summed E-state index contributed by atoms with van der Waals surface area (Å²) in [5.74, 6) is 0. The van der Waals surface area contributed by atoms with Crippen molar-refractivity contribution in [1.29, 1.82) is 0 Å². The average molecular weight is 326 g/mol. The second-order valence-corrected chi connectivity index (χ2v) is 5.20. The van der Waals surface area contributed by atoms with Gasteiger partial charge in [0.05, 0.1) is 24.5 Å². The molecule has 2 aromatic heterocycles. The first-order valence-corrected chi connectivity index (χ1v) is 6.87. The van der Waals surface area contributed by atoms with Gasteiger partial charge in [0.2, 0.25) is 0 Å². The van der Waals surface area contributed by atoms with Gasteiger partial charge in [-0.05, 0) is 35.8 Å². The van der Waals surface area contributed by atoms with E-state index in [1.807, 2.05) is 30.8 Å². The van der Waals surface area contributed by atoms with E-state index in [2.05, 4.69) is 31.4 Å². The standard InChI is InChI=1S/C12H16BrN5O/c1-9(2)18-12(19)11(13)10(8-16-18)14-5-7-17-6-3-4-15-17/h3-4,6,8-9,14H,5,7H2,1-2H3. The molecule has 102 valence electrons. The topological polar surface area (TPSA) is 64.7 Å². The predicted molar refractivity (Wildman–Crippen MR) is 77.3 cm³/mol. The van der Waals surface area contributed by atoms with Crippen molar-refractivity contribution < 1.29 is 0 Å². The molecular weight excluding hydrogens is 310 g/mol. The predicted octanol–water partition coefficient (Wildman–Crippen LogP) is 1.90. The fraction of sp³-hybridized carbons (Fsp3) is 0.417. The van der Waals surface area contributed by atoms with Crippen LogP contribution >= 0.6 is 15.9 Å². The fourth-order valence-corrected chi connectivity index (χ4v) is 2.10. The van der Waals surface area contributed by atoms with Gasteiger partial charge in [-0.25, -0.2) is 4.68 Å². The maximum atomic E-state index is 12.0. The van der Waals surface area contributed by atoms with Gasteiger partial charge in [0, 0.05) is 18.9 Å². The number of halogens is 1. The minimum Gasteiger partial charge on any atom is -0.381 e. The second-order valence-electron chi connectivity index (χ2n) is 4.41. The number of nitrogens with zero attached hydrogens (tertiary/aromatic N) is 4. The molecule has 2 aromatic rings. The third-order valence-electron chi connectivity index (χ3n) is 2.65. The minimum absolute atomic E-state index is 0.0434. The Hall–Kier alpha value is -1.63. The van der Waals surface area contributed by atoms with Gasteiger partial charge >= 0.3 is 0 Å². The molecule has 6 nitrogen and oxygen atoms in total. The molecule has 19 heavy (non-hydrogen) atoms. The molecule has 0 bridgehead atoms. The molecule has 7 heteroatoms. The summed E-state index contributed by atoms with van der Waals surface area (Å²) >= 11 is 3.32. The molecule has 0 atom stereocenters. The molecular formula is C12H16BrN5O. The van der Waals surface area contributed by atoms with Gasteiger partial charge < -0.3 is 5.32 Å². The van der Waals surface area contributed by atoms with Crippen LogP contribution in [-0.2, 0) is 6.54 Å². The Labute approximate surface area is 119 Å². The van der Waals surface area contributed by atoms with E-state index in [0.29, 0.717) is 16.7 Å². The first-order valence-electron chi connectivity index (χ1n) is 6.08. The smallest absolute Gasteiger partial charge is 0.283 e. The molecule has 0 spiro atoms. The van der Waals surface area contributed by atoms with E-state index in [1.54, 1.807) is 12.4 Å². The fourth-order valence-electron chi connectivity index (χ4n) is 1.67. The molecule has 0 unspecified atom stereocenters. The van der Waals surface area contributed by atoms with Gasteiger partial charge in [0.1, 0.15) is 4.47 Å². The third-order valence-corrected chi connectivity index (χ3v) is 3.41. The van der Waals surface area contributed by atoms with Gasteiger partial charge in [-0.15, -0.1) is 0 Å². The molecule has 0 aliphatic rings. The van der Waals surface area contributed by atoms with Crippen molar-refractivity contribution in [3.8, 4) is 0 Å². The van der Waals surface area contributed by atoms with Crippen LogP contribution in [0, 0.1) is 0 Å². The van der Waals surface area contributed by atoms with Crippen molar-refractivity contribution in [2.24, 2.45) is 0 Å². The largest absolute Gasteiger partial charge is 0.381 e. The first kappa shape index (κ1) is 13.8. The molecule has 0 radical (unpaired) electrons. The molecule has 1 N–H and O–H groups in total. The van der Waals surface area contributed by atoms with Crippen molar-refractivity contribution in [3.63, 3.8) is 0 Å². The van der Waals surface area contributed by atoms with Crippen molar-refractivity contribution >= 4 is 21.6 Å². The summed E-state index contributed by atoms with van der Waals surface area (Å²) in [6.07, 6.45) is 5.29. The summed E-state index contributed by atoms with van der Waals surface area (Å²) in [7, 11) is 0. The normalized spacial score (nSPS) is 10.9. The number of hydrogen-bond donors (Lipinski definition) is 1. The van der Waals surface area contributed by atoms with Crippen LogP contribution in [0.4, 0.5) is 5.69 Å². The van der Waals surface area contributed by atoms with Crippen LogP contribution in [-0.4, -0.2) is 26.1 Å². The average Bonchev–Trinajstić information content (AvgIpc) is 2.87. The summed E-state index contributed by atoms with van der Waals surface area (Å²) < 4.78 is 3.78. The third kappa shape index (κ3) is 3.23. The van der Waals surface area contributed by atoms with Gasteiger partial charge in [-0.1, -0.05) is 0 Å². The summed E-state index contributed by atoms with van der Waals surface area (Å²) in [4.78, 5) is 12.0. The van der Waals surface area contributed by atoms with Crippen LogP contribution in [0.5, 0.6) is 0 Å². The number of aromatic nitrogens is 4.